The predicted octanol–water partition coefficient (Wildman–Crippen LogP) is 1.61. The average molecular weight is 352 g/mol. The maximum atomic E-state index is 12.4. The second kappa shape index (κ2) is 6.26. The number of amides is 1. The Morgan fingerprint density at radius 3 is 2.80 bits per heavy atom. The molecule has 8 nitrogen and oxygen atoms in total. The first kappa shape index (κ1) is 16.5. The summed E-state index contributed by atoms with van der Waals surface area (Å²) in [6.07, 6.45) is -4.80. The largest absolute Gasteiger partial charge is 0.573 e. The fourth-order valence-corrected chi connectivity index (χ4v) is 2.07. The fraction of sp³-hybridized carbons (Fsp3) is 0.143. The Morgan fingerprint density at radius 1 is 1.28 bits per heavy atom. The van der Waals surface area contributed by atoms with Gasteiger partial charge in [-0.1, -0.05) is 11.3 Å². The highest BCUT2D eigenvalue weighted by molar-refractivity contribution is 5.79. The van der Waals surface area contributed by atoms with Gasteiger partial charge < -0.3 is 15.8 Å². The predicted molar refractivity (Wildman–Crippen MR) is 81.0 cm³/mol. The number of alkyl halides is 3. The molecule has 0 spiro atoms. The van der Waals surface area contributed by atoms with Crippen LogP contribution in [-0.2, 0) is 4.79 Å². The van der Waals surface area contributed by atoms with Crippen LogP contribution in [0, 0.1) is 0 Å². The second-order valence-electron chi connectivity index (χ2n) is 4.91. The zero-order chi connectivity index (χ0) is 18.0. The van der Waals surface area contributed by atoms with E-state index in [0.717, 1.165) is 6.07 Å². The smallest absolute Gasteiger partial charge is 0.406 e. The molecule has 11 heteroatoms. The Kier molecular flexibility index (Phi) is 4.13. The molecule has 25 heavy (non-hydrogen) atoms. The first-order valence-corrected chi connectivity index (χ1v) is 6.93. The lowest BCUT2D eigenvalue weighted by atomic mass is 10.3. The Hall–Kier alpha value is -3.37. The molecular weight excluding hydrogens is 341 g/mol. The van der Waals surface area contributed by atoms with Crippen molar-refractivity contribution in [2.75, 3.05) is 11.9 Å². The Bertz CT molecular complexity index is 924. The van der Waals surface area contributed by atoms with E-state index in [2.05, 4.69) is 25.3 Å². The molecule has 3 rings (SSSR count). The van der Waals surface area contributed by atoms with Gasteiger partial charge in [-0.25, -0.2) is 4.98 Å². The molecule has 0 aliphatic rings. The van der Waals surface area contributed by atoms with Crippen molar-refractivity contribution < 1.29 is 22.7 Å². The van der Waals surface area contributed by atoms with Crippen LogP contribution in [0.1, 0.15) is 0 Å². The maximum Gasteiger partial charge on any atom is 0.573 e. The molecule has 3 aromatic rings. The molecule has 0 aliphatic heterocycles. The van der Waals surface area contributed by atoms with E-state index in [1.54, 1.807) is 12.1 Å². The Balaban J connectivity index is 1.96. The minimum Gasteiger partial charge on any atom is -0.406 e. The number of aromatic nitrogens is 4. The number of hydrogen-bond donors (Lipinski definition) is 2. The summed E-state index contributed by atoms with van der Waals surface area (Å²) in [5.41, 5.74) is 6.05. The van der Waals surface area contributed by atoms with Crippen LogP contribution in [0.5, 0.6) is 5.75 Å². The van der Waals surface area contributed by atoms with Crippen molar-refractivity contribution in [3.05, 3.63) is 36.4 Å². The number of nitrogens with two attached hydrogens (primary N) is 1. The van der Waals surface area contributed by atoms with Gasteiger partial charge in [0, 0.05) is 6.07 Å². The van der Waals surface area contributed by atoms with E-state index >= 15 is 0 Å². The van der Waals surface area contributed by atoms with Crippen LogP contribution < -0.4 is 15.8 Å². The van der Waals surface area contributed by atoms with Crippen LogP contribution in [0.15, 0.2) is 36.4 Å². The molecule has 1 amide bonds. The summed E-state index contributed by atoms with van der Waals surface area (Å²) in [6.45, 7) is -0.116. The molecule has 0 radical (unpaired) electrons. The minimum atomic E-state index is -4.80. The number of anilines is 1. The number of primary amides is 1. The van der Waals surface area contributed by atoms with E-state index in [0.29, 0.717) is 17.0 Å². The number of benzene rings is 1. The number of carbonyl (C=O) groups is 1. The normalized spacial score (nSPS) is 11.5. The highest BCUT2D eigenvalue weighted by Gasteiger charge is 2.31. The molecule has 2 heterocycles. The summed E-state index contributed by atoms with van der Waals surface area (Å²) >= 11 is 0. The molecule has 3 N–H and O–H groups in total. The summed E-state index contributed by atoms with van der Waals surface area (Å²) in [5, 5.41) is 10.5. The number of carbonyl (C=O) groups excluding carboxylic acids is 1. The molecule has 0 atom stereocenters. The van der Waals surface area contributed by atoms with Gasteiger partial charge in [-0.15, -0.1) is 18.3 Å². The van der Waals surface area contributed by atoms with Crippen molar-refractivity contribution in [3.8, 4) is 11.4 Å². The molecule has 0 bridgehead atoms. The topological polar surface area (TPSA) is 108 Å². The first-order chi connectivity index (χ1) is 11.8. The molecule has 0 aliphatic carbocycles. The third-order valence-electron chi connectivity index (χ3n) is 3.04. The number of hydrogen-bond acceptors (Lipinski definition) is 6. The lowest BCUT2D eigenvalue weighted by Gasteiger charge is -2.10. The first-order valence-electron chi connectivity index (χ1n) is 6.93. The van der Waals surface area contributed by atoms with Gasteiger partial charge in [-0.3, -0.25) is 4.79 Å². The molecule has 2 aromatic heterocycles. The second-order valence-corrected chi connectivity index (χ2v) is 4.91. The monoisotopic (exact) mass is 352 g/mol. The zero-order valence-corrected chi connectivity index (χ0v) is 12.5. The summed E-state index contributed by atoms with van der Waals surface area (Å²) in [7, 11) is 0. The van der Waals surface area contributed by atoms with E-state index in [1.807, 2.05) is 0 Å². The number of nitrogens with zero attached hydrogens (tertiary/aromatic N) is 4. The van der Waals surface area contributed by atoms with Crippen molar-refractivity contribution in [1.82, 2.24) is 20.0 Å². The van der Waals surface area contributed by atoms with Crippen molar-refractivity contribution in [3.63, 3.8) is 0 Å². The van der Waals surface area contributed by atoms with E-state index in [4.69, 9.17) is 5.73 Å². The molecule has 1 aromatic carbocycles. The summed E-state index contributed by atoms with van der Waals surface area (Å²) in [5.74, 6) is -0.611. The molecule has 0 fully saturated rings. The molecule has 0 unspecified atom stereocenters. The lowest BCUT2D eigenvalue weighted by molar-refractivity contribution is -0.274. The van der Waals surface area contributed by atoms with Crippen molar-refractivity contribution in [1.29, 1.82) is 0 Å². The standard InChI is InChI=1S/C14H11F3N6O2/c15-14(16,17)25-9-3-1-2-8(6-9)23-13-10(21-22-23)4-5-12(20-13)19-7-11(18)24/h1-6H,7H2,(H2,18,24)(H,19,20). The van der Waals surface area contributed by atoms with E-state index in [-0.39, 0.29) is 12.2 Å². The lowest BCUT2D eigenvalue weighted by Crippen LogP contribution is -2.22. The van der Waals surface area contributed by atoms with Crippen LogP contribution in [0.2, 0.25) is 0 Å². The van der Waals surface area contributed by atoms with Crippen LogP contribution in [0.4, 0.5) is 19.0 Å². The molecule has 130 valence electrons. The summed E-state index contributed by atoms with van der Waals surface area (Å²) in [4.78, 5) is 15.1. The Morgan fingerprint density at radius 2 is 2.08 bits per heavy atom. The number of rotatable bonds is 5. The van der Waals surface area contributed by atoms with Gasteiger partial charge in [-0.05, 0) is 24.3 Å². The SMILES string of the molecule is NC(=O)CNc1ccc2nnn(-c3cccc(OC(F)(F)F)c3)c2n1. The highest BCUT2D eigenvalue weighted by Crippen LogP contribution is 2.25. The third kappa shape index (κ3) is 3.94. The molecule has 0 saturated carbocycles. The van der Waals surface area contributed by atoms with Gasteiger partial charge in [0.2, 0.25) is 5.91 Å². The number of halogens is 3. The van der Waals surface area contributed by atoms with Crippen LogP contribution in [-0.4, -0.2) is 38.8 Å². The molecular formula is C14H11F3N6O2. The number of nitrogens with one attached hydrogen (secondary N) is 1. The third-order valence-corrected chi connectivity index (χ3v) is 3.04. The minimum absolute atomic E-state index is 0.116. The van der Waals surface area contributed by atoms with Gasteiger partial charge in [0.1, 0.15) is 17.1 Å². The highest BCUT2D eigenvalue weighted by atomic mass is 19.4. The van der Waals surface area contributed by atoms with Gasteiger partial charge in [-0.2, -0.15) is 4.68 Å². The average Bonchev–Trinajstić information content (AvgIpc) is 2.94. The van der Waals surface area contributed by atoms with Crippen molar-refractivity contribution in [2.24, 2.45) is 5.73 Å². The van der Waals surface area contributed by atoms with Crippen molar-refractivity contribution >= 4 is 22.9 Å². The van der Waals surface area contributed by atoms with E-state index in [9.17, 15) is 18.0 Å². The van der Waals surface area contributed by atoms with E-state index < -0.39 is 18.0 Å². The van der Waals surface area contributed by atoms with Gasteiger partial charge in [0.25, 0.3) is 0 Å². The number of pyridine rings is 1. The number of ether oxygens (including phenoxy) is 1. The van der Waals surface area contributed by atoms with Crippen LogP contribution >= 0.6 is 0 Å². The molecule has 0 saturated heterocycles. The van der Waals surface area contributed by atoms with Gasteiger partial charge in [0.15, 0.2) is 5.65 Å². The summed E-state index contributed by atoms with van der Waals surface area (Å²) in [6, 6.07) is 8.43. The number of fused-ring (bicyclic) bond motifs is 1. The fourth-order valence-electron chi connectivity index (χ4n) is 2.07. The van der Waals surface area contributed by atoms with Crippen molar-refractivity contribution in [2.45, 2.75) is 6.36 Å². The zero-order valence-electron chi connectivity index (χ0n) is 12.5. The van der Waals surface area contributed by atoms with E-state index in [1.165, 1.54) is 22.9 Å². The van der Waals surface area contributed by atoms with Crippen LogP contribution in [0.3, 0.4) is 0 Å². The van der Waals surface area contributed by atoms with Crippen LogP contribution in [0.25, 0.3) is 16.9 Å². The summed E-state index contributed by atoms with van der Waals surface area (Å²) < 4.78 is 42.2. The maximum absolute atomic E-state index is 12.4. The van der Waals surface area contributed by atoms with Gasteiger partial charge in [0.05, 0.1) is 12.2 Å². The Labute approximate surface area is 138 Å². The van der Waals surface area contributed by atoms with Gasteiger partial charge >= 0.3 is 6.36 Å². The quantitative estimate of drug-likeness (QED) is 0.722.